The van der Waals surface area contributed by atoms with E-state index in [4.69, 9.17) is 14.2 Å². The van der Waals surface area contributed by atoms with Gasteiger partial charge < -0.3 is 54.7 Å². The van der Waals surface area contributed by atoms with Gasteiger partial charge in [-0.3, -0.25) is 14.4 Å². The number of aliphatic hydroxyl groups is 5. The van der Waals surface area contributed by atoms with Crippen molar-refractivity contribution < 1.29 is 54.4 Å². The Kier molecular flexibility index (Phi) is 17.5. The lowest BCUT2D eigenvalue weighted by Crippen LogP contribution is -2.69. The lowest BCUT2D eigenvalue weighted by molar-refractivity contribution is -0.359. The largest absolute Gasteiger partial charge is 0.507 e. The van der Waals surface area contributed by atoms with Crippen LogP contribution in [0.3, 0.4) is 0 Å². The molecule has 2 saturated heterocycles. The van der Waals surface area contributed by atoms with Crippen LogP contribution >= 0.6 is 0 Å². The second kappa shape index (κ2) is 21.1. The predicted molar refractivity (Wildman–Crippen MR) is 220 cm³/mol. The van der Waals surface area contributed by atoms with E-state index in [1.54, 1.807) is 81.5 Å². The molecular weight excluding hydrogens is 748 g/mol. The maximum Gasteiger partial charge on any atom is 0.265 e. The van der Waals surface area contributed by atoms with E-state index >= 15 is 0 Å². The molecule has 14 nitrogen and oxygen atoms in total. The number of hydrogen-bond donors (Lipinski definition) is 7. The molecule has 2 aliphatic heterocycles. The Hall–Kier alpha value is -4.25. The number of aryl methyl sites for hydroxylation is 1. The van der Waals surface area contributed by atoms with Crippen molar-refractivity contribution in [3.63, 3.8) is 0 Å². The first kappa shape index (κ1) is 48.1. The smallest absolute Gasteiger partial charge is 0.265 e. The molecule has 0 radical (unpaired) electrons. The fraction of sp³-hybridized carbons (Fsp3) is 0.523. The molecule has 0 aliphatic carbocycles. The number of aromatic hydroxyl groups is 1. The molecule has 11 atom stereocenters. The average molecular weight is 811 g/mol. The van der Waals surface area contributed by atoms with Gasteiger partial charge in [-0.15, -0.1) is 0 Å². The van der Waals surface area contributed by atoms with Crippen molar-refractivity contribution in [2.45, 2.75) is 110 Å². The first-order valence-corrected chi connectivity index (χ1v) is 19.5. The number of amides is 1. The second-order valence-corrected chi connectivity index (χ2v) is 15.5. The van der Waals surface area contributed by atoms with Gasteiger partial charge in [-0.25, -0.2) is 0 Å². The topological polar surface area (TPSA) is 217 Å². The van der Waals surface area contributed by atoms with E-state index in [-0.39, 0.29) is 24.1 Å². The van der Waals surface area contributed by atoms with Gasteiger partial charge in [0, 0.05) is 38.2 Å². The van der Waals surface area contributed by atoms with Crippen LogP contribution in [0.15, 0.2) is 101 Å². The molecule has 0 spiro atoms. The number of pyridine rings is 1. The first-order valence-electron chi connectivity index (χ1n) is 19.5. The van der Waals surface area contributed by atoms with Crippen molar-refractivity contribution >= 4 is 11.7 Å². The van der Waals surface area contributed by atoms with Crippen molar-refractivity contribution in [1.82, 2.24) is 9.88 Å². The summed E-state index contributed by atoms with van der Waals surface area (Å²) in [5.41, 5.74) is -0.881. The van der Waals surface area contributed by atoms with Gasteiger partial charge in [0.1, 0.15) is 35.7 Å². The van der Waals surface area contributed by atoms with Crippen LogP contribution in [-0.2, 0) is 26.1 Å². The Morgan fingerprint density at radius 1 is 1.00 bits per heavy atom. The predicted octanol–water partition coefficient (Wildman–Crippen LogP) is 3.09. The van der Waals surface area contributed by atoms with Gasteiger partial charge in [-0.1, -0.05) is 101 Å². The summed E-state index contributed by atoms with van der Waals surface area (Å²) in [7, 11) is 3.01. The average Bonchev–Trinajstić information content (AvgIpc) is 3.46. The number of ketones is 1. The Balaban J connectivity index is 1.61. The summed E-state index contributed by atoms with van der Waals surface area (Å²) >= 11 is 0. The standard InChI is InChI=1S/C44H62N2O12/c1-10-12-14-22-32-43(6,7)39(51)40(52)44(55,58-32)29(11-2)41(53)45-24-18-17-20-27(4)37(56-9)28(5)38-36(50)35(49)31(57-38)21-16-13-15-19-26(3)34(48)33-30(47)23-25-46(8)42(33)54/h10,12-23,25,28-29,31-32,35-40,47,49-52,55H,11,24H2,1-9H3,(H,45,53)/b12-10-,15-13+,18-17+,21-16+,22-14+,26-19+,27-20+/t28-,29-,31-,32?,35?,36?,37-,38+,39?,40?,44?/m1/s1. The van der Waals surface area contributed by atoms with Gasteiger partial charge in [0.2, 0.25) is 11.7 Å². The zero-order chi connectivity index (χ0) is 43.5. The Morgan fingerprint density at radius 3 is 2.31 bits per heavy atom. The van der Waals surface area contributed by atoms with E-state index in [0.717, 1.165) is 5.57 Å². The maximum absolute atomic E-state index is 13.3. The van der Waals surface area contributed by atoms with Gasteiger partial charge in [-0.2, -0.15) is 0 Å². The van der Waals surface area contributed by atoms with Gasteiger partial charge >= 0.3 is 0 Å². The molecular formula is C44H62N2O12. The molecule has 2 fully saturated rings. The zero-order valence-corrected chi connectivity index (χ0v) is 34.9. The van der Waals surface area contributed by atoms with Crippen molar-refractivity contribution in [2.24, 2.45) is 24.3 Å². The molecule has 7 N–H and O–H groups in total. The summed E-state index contributed by atoms with van der Waals surface area (Å²) < 4.78 is 19.0. The number of aromatic nitrogens is 1. The van der Waals surface area contributed by atoms with E-state index in [1.807, 2.05) is 26.8 Å². The van der Waals surface area contributed by atoms with Gasteiger partial charge in [0.05, 0.1) is 30.3 Å². The molecule has 3 rings (SSSR count). The van der Waals surface area contributed by atoms with Crippen LogP contribution in [-0.4, -0.2) is 115 Å². The molecule has 0 saturated carbocycles. The minimum absolute atomic E-state index is 0.0818. The summed E-state index contributed by atoms with van der Waals surface area (Å²) in [4.78, 5) is 38.4. The first-order chi connectivity index (χ1) is 27.3. The van der Waals surface area contributed by atoms with Gasteiger partial charge in [0.15, 0.2) is 5.78 Å². The number of nitrogens with zero attached hydrogens (tertiary/aromatic N) is 1. The number of aliphatic hydroxyl groups excluding tert-OH is 4. The lowest BCUT2D eigenvalue weighted by atomic mass is 9.71. The van der Waals surface area contributed by atoms with Crippen LogP contribution in [0.25, 0.3) is 0 Å². The Bertz CT molecular complexity index is 1860. The number of methoxy groups -OCH3 is 1. The SMILES string of the molecule is C/C=C\C=C\C1OC(O)([C@H](CC)C(=O)NC/C=C/C=C(\C)[C@@H](OC)[C@@H](C)[C@@H]2O[C@H](/C=C/C=C/C=C(\C)C(=O)c3c(O)ccn(C)c3=O)C(O)C2O)C(O)C(O)C1(C)C. The van der Waals surface area contributed by atoms with Gasteiger partial charge in [0.25, 0.3) is 5.56 Å². The van der Waals surface area contributed by atoms with Crippen LogP contribution in [0.1, 0.15) is 65.2 Å². The molecule has 1 aromatic rings. The number of hydrogen-bond acceptors (Lipinski definition) is 12. The van der Waals surface area contributed by atoms with Crippen LogP contribution in [0, 0.1) is 17.3 Å². The molecule has 320 valence electrons. The number of carbonyl (C=O) groups is 2. The maximum atomic E-state index is 13.3. The van der Waals surface area contributed by atoms with Crippen LogP contribution in [0.4, 0.5) is 0 Å². The molecule has 0 aromatic carbocycles. The minimum Gasteiger partial charge on any atom is -0.507 e. The number of allylic oxidation sites excluding steroid dienone is 10. The van der Waals surface area contributed by atoms with Crippen molar-refractivity contribution in [3.05, 3.63) is 112 Å². The molecule has 3 heterocycles. The summed E-state index contributed by atoms with van der Waals surface area (Å²) in [5, 5.41) is 68.0. The van der Waals surface area contributed by atoms with Crippen molar-refractivity contribution in [2.75, 3.05) is 13.7 Å². The number of carbonyl (C=O) groups excluding carboxylic acids is 2. The van der Waals surface area contributed by atoms with Crippen LogP contribution in [0.2, 0.25) is 0 Å². The fourth-order valence-electron chi connectivity index (χ4n) is 7.27. The van der Waals surface area contributed by atoms with Crippen molar-refractivity contribution in [1.29, 1.82) is 0 Å². The Labute approximate surface area is 340 Å². The Morgan fingerprint density at radius 2 is 1.67 bits per heavy atom. The molecule has 1 amide bonds. The highest BCUT2D eigenvalue weighted by atomic mass is 16.7. The van der Waals surface area contributed by atoms with Crippen molar-refractivity contribution in [3.8, 4) is 5.75 Å². The minimum atomic E-state index is -2.34. The third kappa shape index (κ3) is 10.9. The fourth-order valence-corrected chi connectivity index (χ4v) is 7.27. The molecule has 6 unspecified atom stereocenters. The zero-order valence-electron chi connectivity index (χ0n) is 34.9. The summed E-state index contributed by atoms with van der Waals surface area (Å²) in [6.45, 7) is 12.2. The highest BCUT2D eigenvalue weighted by Gasteiger charge is 2.60. The third-order valence-corrected chi connectivity index (χ3v) is 11.0. The molecule has 14 heteroatoms. The quantitative estimate of drug-likeness (QED) is 0.0687. The van der Waals surface area contributed by atoms with E-state index < -0.39 is 94.9 Å². The van der Waals surface area contributed by atoms with E-state index in [2.05, 4.69) is 5.32 Å². The summed E-state index contributed by atoms with van der Waals surface area (Å²) in [6.07, 6.45) is 13.0. The number of Topliss-reactive ketones (excluding diaryl/α,β-unsaturated/α-hetero) is 1. The highest BCUT2D eigenvalue weighted by Crippen LogP contribution is 2.44. The monoisotopic (exact) mass is 810 g/mol. The molecule has 2 aliphatic rings. The van der Waals surface area contributed by atoms with Crippen LogP contribution < -0.4 is 10.9 Å². The van der Waals surface area contributed by atoms with E-state index in [1.165, 1.54) is 44.0 Å². The summed E-state index contributed by atoms with van der Waals surface area (Å²) in [5.74, 6) is -5.51. The number of ether oxygens (including phenoxy) is 3. The number of nitrogens with one attached hydrogen (secondary N) is 1. The van der Waals surface area contributed by atoms with Crippen LogP contribution in [0.5, 0.6) is 5.75 Å². The van der Waals surface area contributed by atoms with E-state index in [0.29, 0.717) is 0 Å². The third-order valence-electron chi connectivity index (χ3n) is 11.0. The second-order valence-electron chi connectivity index (χ2n) is 15.5. The summed E-state index contributed by atoms with van der Waals surface area (Å²) in [6, 6.07) is 1.27. The normalized spacial score (nSPS) is 29.9. The molecule has 0 bridgehead atoms. The molecule has 1 aromatic heterocycles. The number of rotatable bonds is 17. The lowest BCUT2D eigenvalue weighted by Gasteiger charge is -2.53. The molecule has 58 heavy (non-hydrogen) atoms. The highest BCUT2D eigenvalue weighted by molar-refractivity contribution is 6.09. The van der Waals surface area contributed by atoms with Gasteiger partial charge in [-0.05, 0) is 44.4 Å². The van der Waals surface area contributed by atoms with E-state index in [9.17, 15) is 45.0 Å².